The van der Waals surface area contributed by atoms with Crippen LogP contribution in [0, 0.1) is 0 Å². The summed E-state index contributed by atoms with van der Waals surface area (Å²) in [7, 11) is 1.83. The Hall–Kier alpha value is -1.36. The van der Waals surface area contributed by atoms with Gasteiger partial charge in [-0.05, 0) is 26.7 Å². The largest absolute Gasteiger partial charge is 0.352 e. The van der Waals surface area contributed by atoms with Crippen LogP contribution in [0.4, 0.5) is 5.82 Å². The van der Waals surface area contributed by atoms with Crippen molar-refractivity contribution in [1.82, 2.24) is 15.3 Å². The van der Waals surface area contributed by atoms with Gasteiger partial charge in [0, 0.05) is 25.1 Å². The van der Waals surface area contributed by atoms with E-state index in [1.54, 1.807) is 11.0 Å². The number of hydrogen-bond donors (Lipinski definition) is 1. The van der Waals surface area contributed by atoms with Crippen LogP contribution in [-0.2, 0) is 4.79 Å². The van der Waals surface area contributed by atoms with Crippen LogP contribution in [0.1, 0.15) is 38.4 Å². The van der Waals surface area contributed by atoms with Gasteiger partial charge in [-0.1, -0.05) is 11.6 Å². The summed E-state index contributed by atoms with van der Waals surface area (Å²) in [5.41, 5.74) is 0. The number of nitrogens with zero attached hydrogens (tertiary/aromatic N) is 3. The Kier molecular flexibility index (Phi) is 4.24. The summed E-state index contributed by atoms with van der Waals surface area (Å²) in [6.07, 6.45) is 2.24. The smallest absolute Gasteiger partial charge is 0.239 e. The standard InChI is InChI=1S/C13H19ClN4O/c1-8(2)15-12(19)7-18(3)11-6-10(14)16-13(17-11)9-4-5-9/h6,8-9H,4-5,7H2,1-3H3,(H,15,19). The first-order valence-corrected chi connectivity index (χ1v) is 6.88. The zero-order valence-corrected chi connectivity index (χ0v) is 12.2. The van der Waals surface area contributed by atoms with Crippen LogP contribution in [0.15, 0.2) is 6.07 Å². The number of likely N-dealkylation sites (N-methyl/N-ethyl adjacent to an activating group) is 1. The number of aromatic nitrogens is 2. The Morgan fingerprint density at radius 3 is 2.79 bits per heavy atom. The molecule has 1 heterocycles. The summed E-state index contributed by atoms with van der Waals surface area (Å²) >= 11 is 6.01. The molecule has 0 aliphatic heterocycles. The molecule has 6 heteroatoms. The van der Waals surface area contributed by atoms with Gasteiger partial charge in [-0.3, -0.25) is 4.79 Å². The molecule has 1 aliphatic carbocycles. The molecule has 0 bridgehead atoms. The highest BCUT2D eigenvalue weighted by atomic mass is 35.5. The Morgan fingerprint density at radius 1 is 1.53 bits per heavy atom. The molecule has 1 aromatic rings. The van der Waals surface area contributed by atoms with Crippen molar-refractivity contribution in [2.24, 2.45) is 0 Å². The summed E-state index contributed by atoms with van der Waals surface area (Å²) in [5.74, 6) is 1.90. The average Bonchev–Trinajstić information content (AvgIpc) is 3.10. The summed E-state index contributed by atoms with van der Waals surface area (Å²) in [4.78, 5) is 22.2. The predicted octanol–water partition coefficient (Wildman–Crippen LogP) is 1.97. The molecule has 1 N–H and O–H groups in total. The minimum absolute atomic E-state index is 0.0276. The van der Waals surface area contributed by atoms with Crippen LogP contribution in [0.5, 0.6) is 0 Å². The highest BCUT2D eigenvalue weighted by Crippen LogP contribution is 2.38. The lowest BCUT2D eigenvalue weighted by Crippen LogP contribution is -2.38. The molecule has 0 atom stereocenters. The molecule has 5 nitrogen and oxygen atoms in total. The van der Waals surface area contributed by atoms with Crippen LogP contribution < -0.4 is 10.2 Å². The molecule has 0 unspecified atom stereocenters. The second kappa shape index (κ2) is 5.74. The zero-order chi connectivity index (χ0) is 14.0. The van der Waals surface area contributed by atoms with Gasteiger partial charge in [0.25, 0.3) is 0 Å². The number of rotatable bonds is 5. The van der Waals surface area contributed by atoms with Crippen molar-refractivity contribution in [1.29, 1.82) is 0 Å². The summed E-state index contributed by atoms with van der Waals surface area (Å²) in [6, 6.07) is 1.83. The number of anilines is 1. The average molecular weight is 283 g/mol. The van der Waals surface area contributed by atoms with Gasteiger partial charge in [-0.2, -0.15) is 0 Å². The topological polar surface area (TPSA) is 58.1 Å². The minimum Gasteiger partial charge on any atom is -0.352 e. The monoisotopic (exact) mass is 282 g/mol. The molecule has 0 radical (unpaired) electrons. The molecule has 0 aromatic carbocycles. The second-order valence-corrected chi connectivity index (χ2v) is 5.65. The van der Waals surface area contributed by atoms with Crippen molar-refractivity contribution >= 4 is 23.3 Å². The quantitative estimate of drug-likeness (QED) is 0.839. The molecule has 1 amide bonds. The molecule has 0 spiro atoms. The fourth-order valence-corrected chi connectivity index (χ4v) is 1.99. The van der Waals surface area contributed by atoms with E-state index in [0.29, 0.717) is 16.9 Å². The van der Waals surface area contributed by atoms with Crippen LogP contribution in [-0.4, -0.2) is 35.5 Å². The first-order chi connectivity index (χ1) is 8.95. The lowest BCUT2D eigenvalue weighted by atomic mass is 10.3. The van der Waals surface area contributed by atoms with Gasteiger partial charge in [0.05, 0.1) is 6.54 Å². The summed E-state index contributed by atoms with van der Waals surface area (Å²) in [6.45, 7) is 4.13. The Bertz CT molecular complexity index is 474. The third-order valence-electron chi connectivity index (χ3n) is 2.86. The van der Waals surface area contributed by atoms with E-state index in [-0.39, 0.29) is 18.5 Å². The molecule has 1 saturated carbocycles. The van der Waals surface area contributed by atoms with Gasteiger partial charge in [-0.15, -0.1) is 0 Å². The van der Waals surface area contributed by atoms with Gasteiger partial charge >= 0.3 is 0 Å². The third-order valence-corrected chi connectivity index (χ3v) is 3.06. The Balaban J connectivity index is 2.05. The van der Waals surface area contributed by atoms with Crippen molar-refractivity contribution in [2.75, 3.05) is 18.5 Å². The SMILES string of the molecule is CC(C)NC(=O)CN(C)c1cc(Cl)nc(C2CC2)n1. The van der Waals surface area contributed by atoms with Crippen LogP contribution in [0.25, 0.3) is 0 Å². The molecule has 0 saturated heterocycles. The van der Waals surface area contributed by atoms with Gasteiger partial charge in [-0.25, -0.2) is 9.97 Å². The molecule has 1 fully saturated rings. The highest BCUT2D eigenvalue weighted by molar-refractivity contribution is 6.29. The van der Waals surface area contributed by atoms with E-state index in [0.717, 1.165) is 18.7 Å². The second-order valence-electron chi connectivity index (χ2n) is 5.26. The van der Waals surface area contributed by atoms with E-state index >= 15 is 0 Å². The van der Waals surface area contributed by atoms with Crippen molar-refractivity contribution in [3.63, 3.8) is 0 Å². The van der Waals surface area contributed by atoms with Crippen molar-refractivity contribution in [3.8, 4) is 0 Å². The van der Waals surface area contributed by atoms with Crippen LogP contribution in [0.3, 0.4) is 0 Å². The maximum Gasteiger partial charge on any atom is 0.239 e. The van der Waals surface area contributed by atoms with Gasteiger partial charge in [0.2, 0.25) is 5.91 Å². The predicted molar refractivity (Wildman–Crippen MR) is 75.6 cm³/mol. The Morgan fingerprint density at radius 2 is 2.21 bits per heavy atom. The number of nitrogens with one attached hydrogen (secondary N) is 1. The summed E-state index contributed by atoms with van der Waals surface area (Å²) < 4.78 is 0. The maximum atomic E-state index is 11.7. The van der Waals surface area contributed by atoms with Crippen LogP contribution in [0.2, 0.25) is 5.15 Å². The zero-order valence-electron chi connectivity index (χ0n) is 11.5. The number of carbonyl (C=O) groups is 1. The molecular formula is C13H19ClN4O. The lowest BCUT2D eigenvalue weighted by Gasteiger charge is -2.19. The fourth-order valence-electron chi connectivity index (χ4n) is 1.81. The van der Waals surface area contributed by atoms with E-state index in [4.69, 9.17) is 11.6 Å². The van der Waals surface area contributed by atoms with E-state index in [1.165, 1.54) is 0 Å². The first kappa shape index (κ1) is 14.1. The molecule has 2 rings (SSSR count). The maximum absolute atomic E-state index is 11.7. The molecule has 104 valence electrons. The number of hydrogen-bond acceptors (Lipinski definition) is 4. The minimum atomic E-state index is -0.0276. The highest BCUT2D eigenvalue weighted by Gasteiger charge is 2.27. The van der Waals surface area contributed by atoms with Crippen LogP contribution >= 0.6 is 11.6 Å². The van der Waals surface area contributed by atoms with Gasteiger partial charge < -0.3 is 10.2 Å². The fraction of sp³-hybridized carbons (Fsp3) is 0.615. The number of halogens is 1. The normalized spacial score (nSPS) is 14.6. The number of carbonyl (C=O) groups excluding carboxylic acids is 1. The van der Waals surface area contributed by atoms with E-state index in [2.05, 4.69) is 15.3 Å². The Labute approximate surface area is 118 Å². The van der Waals surface area contributed by atoms with Crippen molar-refractivity contribution in [2.45, 2.75) is 38.6 Å². The number of amides is 1. The molecular weight excluding hydrogens is 264 g/mol. The van der Waals surface area contributed by atoms with Gasteiger partial charge in [0.1, 0.15) is 16.8 Å². The third kappa shape index (κ3) is 4.06. The molecule has 1 aliphatic rings. The van der Waals surface area contributed by atoms with Gasteiger partial charge in [0.15, 0.2) is 0 Å². The van der Waals surface area contributed by atoms with E-state index in [1.807, 2.05) is 20.9 Å². The van der Waals surface area contributed by atoms with E-state index in [9.17, 15) is 4.79 Å². The van der Waals surface area contributed by atoms with Crippen molar-refractivity contribution < 1.29 is 4.79 Å². The van der Waals surface area contributed by atoms with E-state index < -0.39 is 0 Å². The lowest BCUT2D eigenvalue weighted by molar-refractivity contribution is -0.120. The summed E-state index contributed by atoms with van der Waals surface area (Å²) in [5, 5.41) is 3.28. The first-order valence-electron chi connectivity index (χ1n) is 6.50. The van der Waals surface area contributed by atoms with Crippen molar-refractivity contribution in [3.05, 3.63) is 17.0 Å². The molecule has 1 aromatic heterocycles. The molecule has 19 heavy (non-hydrogen) atoms.